The molecule has 2 N–H and O–H groups in total. The predicted molar refractivity (Wildman–Crippen MR) is 90.9 cm³/mol. The Bertz CT molecular complexity index is 766. The zero-order valence-corrected chi connectivity index (χ0v) is 14.2. The van der Waals surface area contributed by atoms with Crippen LogP contribution < -0.4 is 10.6 Å². The van der Waals surface area contributed by atoms with Crippen LogP contribution in [0.25, 0.3) is 0 Å². The van der Waals surface area contributed by atoms with Gasteiger partial charge in [0.15, 0.2) is 0 Å². The van der Waals surface area contributed by atoms with Crippen LogP contribution in [0, 0.1) is 0 Å². The Hall–Kier alpha value is -1.76. The van der Waals surface area contributed by atoms with E-state index >= 15 is 0 Å². The molecule has 0 saturated carbocycles. The third-order valence-electron chi connectivity index (χ3n) is 3.24. The lowest BCUT2D eigenvalue weighted by molar-refractivity contribution is -0.115. The molecule has 23 heavy (non-hydrogen) atoms. The van der Waals surface area contributed by atoms with E-state index in [2.05, 4.69) is 20.7 Å². The van der Waals surface area contributed by atoms with Crippen LogP contribution in [0.15, 0.2) is 42.1 Å². The van der Waals surface area contributed by atoms with Crippen molar-refractivity contribution < 1.29 is 4.79 Å². The zero-order valence-electron chi connectivity index (χ0n) is 11.9. The first-order valence-electron chi connectivity index (χ1n) is 6.70. The number of halogens is 3. The summed E-state index contributed by atoms with van der Waals surface area (Å²) < 4.78 is -0.414. The number of fused-ring (bicyclic) bond motifs is 1. The van der Waals surface area contributed by atoms with E-state index in [9.17, 15) is 4.79 Å². The van der Waals surface area contributed by atoms with Crippen LogP contribution in [0.1, 0.15) is 18.5 Å². The molecule has 2 heterocycles. The van der Waals surface area contributed by atoms with Crippen LogP contribution in [0.2, 0.25) is 0 Å². The molecule has 0 bridgehead atoms. The zero-order chi connectivity index (χ0) is 16.6. The molecular formula is C14H12Cl3N5O. The number of amides is 1. The fourth-order valence-electron chi connectivity index (χ4n) is 2.24. The van der Waals surface area contributed by atoms with Gasteiger partial charge in [-0.15, -0.1) is 5.10 Å². The number of nitrogens with zero attached hydrogens (tertiary/aromatic N) is 3. The summed E-state index contributed by atoms with van der Waals surface area (Å²) in [6, 6.07) is 9.68. The number of alkyl halides is 3. The molecule has 1 aliphatic heterocycles. The van der Waals surface area contributed by atoms with Crippen LogP contribution in [0.3, 0.4) is 0 Å². The average Bonchev–Trinajstić information content (AvgIpc) is 2.88. The minimum Gasteiger partial charge on any atom is -0.329 e. The monoisotopic (exact) mass is 371 g/mol. The topological polar surface area (TPSA) is 71.8 Å². The Morgan fingerprint density at radius 1 is 1.30 bits per heavy atom. The van der Waals surface area contributed by atoms with Crippen molar-refractivity contribution in [3.63, 3.8) is 0 Å². The Balaban J connectivity index is 1.93. The normalized spacial score (nSPS) is 17.0. The van der Waals surface area contributed by atoms with Crippen molar-refractivity contribution in [1.29, 1.82) is 0 Å². The number of aromatic nitrogens is 3. The molecule has 0 saturated heterocycles. The summed E-state index contributed by atoms with van der Waals surface area (Å²) in [4.78, 5) is 16.0. The van der Waals surface area contributed by atoms with Gasteiger partial charge in [0.25, 0.3) is 15.6 Å². The van der Waals surface area contributed by atoms with E-state index in [1.807, 2.05) is 43.3 Å². The van der Waals surface area contributed by atoms with Gasteiger partial charge >= 0.3 is 0 Å². The summed E-state index contributed by atoms with van der Waals surface area (Å²) in [5.41, 5.74) is 1.97. The van der Waals surface area contributed by atoms with Crippen LogP contribution >= 0.6 is 34.8 Å². The summed E-state index contributed by atoms with van der Waals surface area (Å²) in [6.07, 6.45) is 2.01. The first kappa shape index (κ1) is 16.1. The van der Waals surface area contributed by atoms with Crippen molar-refractivity contribution in [3.8, 4) is 0 Å². The molecule has 1 aromatic heterocycles. The number of carbonyl (C=O) groups excluding carboxylic acids is 1. The summed E-state index contributed by atoms with van der Waals surface area (Å²) >= 11 is 16.6. The molecule has 1 amide bonds. The second kappa shape index (κ2) is 6.03. The minimum atomic E-state index is -2.08. The molecule has 1 atom stereocenters. The van der Waals surface area contributed by atoms with Crippen molar-refractivity contribution >= 4 is 52.6 Å². The van der Waals surface area contributed by atoms with Gasteiger partial charge in [0, 0.05) is 5.70 Å². The Labute approximate surface area is 147 Å². The van der Waals surface area contributed by atoms with Gasteiger partial charge in [-0.05, 0) is 18.6 Å². The molecular weight excluding hydrogens is 361 g/mol. The number of rotatable bonds is 2. The third kappa shape index (κ3) is 3.44. The first-order valence-corrected chi connectivity index (χ1v) is 7.83. The van der Waals surface area contributed by atoms with Gasteiger partial charge in [-0.25, -0.2) is 4.68 Å². The highest BCUT2D eigenvalue weighted by molar-refractivity contribution is 6.76. The average molecular weight is 373 g/mol. The van der Waals surface area contributed by atoms with Gasteiger partial charge in [-0.3, -0.25) is 10.1 Å². The number of hydrogen-bond acceptors (Lipinski definition) is 4. The number of allylic oxidation sites excluding steroid dienone is 2. The quantitative estimate of drug-likeness (QED) is 0.791. The van der Waals surface area contributed by atoms with E-state index in [1.54, 1.807) is 4.68 Å². The minimum absolute atomic E-state index is 0.0628. The molecule has 6 nitrogen and oxygen atoms in total. The molecule has 0 fully saturated rings. The van der Waals surface area contributed by atoms with Crippen molar-refractivity contribution in [3.05, 3.63) is 47.7 Å². The molecule has 1 aromatic carbocycles. The maximum absolute atomic E-state index is 11.7. The lowest BCUT2D eigenvalue weighted by Gasteiger charge is -2.22. The van der Waals surface area contributed by atoms with Gasteiger partial charge in [0.2, 0.25) is 5.95 Å². The van der Waals surface area contributed by atoms with Crippen molar-refractivity contribution in [1.82, 2.24) is 14.8 Å². The number of nitrogens with one attached hydrogen (secondary N) is 2. The van der Waals surface area contributed by atoms with Gasteiger partial charge < -0.3 is 5.32 Å². The molecule has 2 aromatic rings. The fraction of sp³-hybridized carbons (Fsp3) is 0.214. The van der Waals surface area contributed by atoms with Crippen molar-refractivity contribution in [2.45, 2.75) is 16.8 Å². The highest BCUT2D eigenvalue weighted by atomic mass is 35.6. The maximum atomic E-state index is 11.7. The van der Waals surface area contributed by atoms with Crippen LogP contribution in [0.5, 0.6) is 0 Å². The van der Waals surface area contributed by atoms with E-state index in [0.29, 0.717) is 5.95 Å². The van der Waals surface area contributed by atoms with Gasteiger partial charge in [0.05, 0.1) is 0 Å². The van der Waals surface area contributed by atoms with Crippen LogP contribution in [-0.2, 0) is 4.79 Å². The number of carbonyl (C=O) groups is 1. The highest BCUT2D eigenvalue weighted by Gasteiger charge is 2.32. The Morgan fingerprint density at radius 3 is 2.65 bits per heavy atom. The van der Waals surface area contributed by atoms with Gasteiger partial charge in [-0.1, -0.05) is 65.1 Å². The highest BCUT2D eigenvalue weighted by Crippen LogP contribution is 2.31. The lowest BCUT2D eigenvalue weighted by atomic mass is 10.1. The molecule has 1 unspecified atom stereocenters. The maximum Gasteiger partial charge on any atom is 0.278 e. The predicted octanol–water partition coefficient (Wildman–Crippen LogP) is 3.51. The SMILES string of the molecule is CC1=CC(c2ccccc2)n2nc(NC(=O)C(Cl)(Cl)Cl)nc2N1. The summed E-state index contributed by atoms with van der Waals surface area (Å²) in [5, 5.41) is 9.76. The Morgan fingerprint density at radius 2 is 2.00 bits per heavy atom. The lowest BCUT2D eigenvalue weighted by Crippen LogP contribution is -2.27. The van der Waals surface area contributed by atoms with Gasteiger partial charge in [0.1, 0.15) is 6.04 Å². The summed E-state index contributed by atoms with van der Waals surface area (Å²) in [5.74, 6) is -0.252. The fourth-order valence-corrected chi connectivity index (χ4v) is 2.38. The molecule has 3 rings (SSSR count). The summed E-state index contributed by atoms with van der Waals surface area (Å²) in [6.45, 7) is 1.92. The van der Waals surface area contributed by atoms with E-state index < -0.39 is 9.70 Å². The largest absolute Gasteiger partial charge is 0.329 e. The van der Waals surface area contributed by atoms with Crippen molar-refractivity contribution in [2.24, 2.45) is 0 Å². The van der Waals surface area contributed by atoms with Crippen LogP contribution in [0.4, 0.5) is 11.9 Å². The van der Waals surface area contributed by atoms with Crippen LogP contribution in [-0.4, -0.2) is 24.5 Å². The first-order chi connectivity index (χ1) is 10.8. The number of benzene rings is 1. The van der Waals surface area contributed by atoms with E-state index in [4.69, 9.17) is 34.8 Å². The standard InChI is InChI=1S/C14H12Cl3N5O/c1-8-7-10(9-5-3-2-4-6-9)22-13(18-8)20-12(21-22)19-11(23)14(15,16)17/h2-7,10H,1H3,(H2,18,19,20,21,23). The third-order valence-corrected chi connectivity index (χ3v) is 3.75. The second-order valence-electron chi connectivity index (χ2n) is 4.99. The molecule has 0 aliphatic carbocycles. The van der Waals surface area contributed by atoms with E-state index in [-0.39, 0.29) is 12.0 Å². The van der Waals surface area contributed by atoms with E-state index in [0.717, 1.165) is 11.3 Å². The van der Waals surface area contributed by atoms with Crippen molar-refractivity contribution in [2.75, 3.05) is 10.6 Å². The number of hydrogen-bond donors (Lipinski definition) is 2. The second-order valence-corrected chi connectivity index (χ2v) is 7.27. The van der Waals surface area contributed by atoms with E-state index in [1.165, 1.54) is 0 Å². The smallest absolute Gasteiger partial charge is 0.278 e. The summed E-state index contributed by atoms with van der Waals surface area (Å²) in [7, 11) is 0. The molecule has 0 radical (unpaired) electrons. The van der Waals surface area contributed by atoms with Gasteiger partial charge in [-0.2, -0.15) is 4.98 Å². The molecule has 120 valence electrons. The molecule has 0 spiro atoms. The molecule has 1 aliphatic rings. The number of anilines is 2. The molecule has 9 heteroatoms. The Kier molecular flexibility index (Phi) is 4.23.